The summed E-state index contributed by atoms with van der Waals surface area (Å²) in [7, 11) is 0. The minimum Gasteiger partial charge on any atom is -0.389 e. The molecule has 0 heterocycles. The van der Waals surface area contributed by atoms with Crippen LogP contribution in [0.15, 0.2) is 0 Å². The molecule has 0 bridgehead atoms. The van der Waals surface area contributed by atoms with E-state index in [4.69, 9.17) is 9.47 Å². The van der Waals surface area contributed by atoms with Gasteiger partial charge in [0.15, 0.2) is 0 Å². The molecule has 0 saturated heterocycles. The van der Waals surface area contributed by atoms with Crippen LogP contribution in [0.4, 0.5) is 0 Å². The molecule has 1 unspecified atom stereocenters. The Bertz CT molecular complexity index is 230. The number of hydrogen-bond donors (Lipinski definition) is 2. The maximum absolute atomic E-state index is 9.82. The topological polar surface area (TPSA) is 50.7 Å². The van der Waals surface area contributed by atoms with Gasteiger partial charge in [-0.1, -0.05) is 33.1 Å². The molecule has 0 amide bonds. The highest BCUT2D eigenvalue weighted by Gasteiger charge is 2.27. The lowest BCUT2D eigenvalue weighted by Gasteiger charge is -2.24. The fraction of sp³-hybridized carbons (Fsp3) is 1.00. The van der Waals surface area contributed by atoms with Crippen LogP contribution in [0.25, 0.3) is 0 Å². The fourth-order valence-electron chi connectivity index (χ4n) is 2.69. The third-order valence-electron chi connectivity index (χ3n) is 4.07. The van der Waals surface area contributed by atoms with E-state index in [-0.39, 0.29) is 0 Å². The summed E-state index contributed by atoms with van der Waals surface area (Å²) in [6, 6.07) is 0. The van der Waals surface area contributed by atoms with E-state index in [0.717, 1.165) is 26.0 Å². The summed E-state index contributed by atoms with van der Waals surface area (Å²) in [5, 5.41) is 13.2. The minimum atomic E-state index is -0.421. The van der Waals surface area contributed by atoms with Gasteiger partial charge in [0.2, 0.25) is 0 Å². The van der Waals surface area contributed by atoms with Crippen molar-refractivity contribution in [3.8, 4) is 0 Å². The predicted molar refractivity (Wildman–Crippen MR) is 82.0 cm³/mol. The lowest BCUT2D eigenvalue weighted by atomic mass is 9.89. The van der Waals surface area contributed by atoms with Gasteiger partial charge < -0.3 is 19.9 Å². The van der Waals surface area contributed by atoms with E-state index >= 15 is 0 Å². The van der Waals surface area contributed by atoms with Gasteiger partial charge in [0.25, 0.3) is 0 Å². The SMILES string of the molecule is CCCCOCCOCC(O)CNCC1(C)CCCC1. The van der Waals surface area contributed by atoms with Crippen molar-refractivity contribution in [2.24, 2.45) is 5.41 Å². The molecule has 1 aliphatic carbocycles. The maximum atomic E-state index is 9.82. The standard InChI is InChI=1S/C16H33NO3/c1-3-4-9-19-10-11-20-13-15(18)12-17-14-16(2)7-5-6-8-16/h15,17-18H,3-14H2,1-2H3. The monoisotopic (exact) mass is 287 g/mol. The number of unbranched alkanes of at least 4 members (excludes halogenated alkanes) is 1. The molecule has 1 saturated carbocycles. The Balaban J connectivity index is 1.88. The van der Waals surface area contributed by atoms with Crippen molar-refractivity contribution in [1.82, 2.24) is 5.32 Å². The molecule has 0 spiro atoms. The lowest BCUT2D eigenvalue weighted by molar-refractivity contribution is 0.00335. The van der Waals surface area contributed by atoms with Crippen LogP contribution >= 0.6 is 0 Å². The maximum Gasteiger partial charge on any atom is 0.0897 e. The molecule has 4 nitrogen and oxygen atoms in total. The number of ether oxygens (including phenoxy) is 2. The predicted octanol–water partition coefficient (Wildman–Crippen LogP) is 2.35. The fourth-order valence-corrected chi connectivity index (χ4v) is 2.69. The summed E-state index contributed by atoms with van der Waals surface area (Å²) in [4.78, 5) is 0. The van der Waals surface area contributed by atoms with Crippen LogP contribution in [0.1, 0.15) is 52.4 Å². The van der Waals surface area contributed by atoms with E-state index in [2.05, 4.69) is 19.2 Å². The third-order valence-corrected chi connectivity index (χ3v) is 4.07. The van der Waals surface area contributed by atoms with Gasteiger partial charge in [-0.25, -0.2) is 0 Å². The van der Waals surface area contributed by atoms with Gasteiger partial charge in [0, 0.05) is 19.7 Å². The number of nitrogens with one attached hydrogen (secondary N) is 1. The number of rotatable bonds is 12. The summed E-state index contributed by atoms with van der Waals surface area (Å²) in [5.74, 6) is 0. The second-order valence-corrected chi connectivity index (χ2v) is 6.34. The zero-order chi connectivity index (χ0) is 14.7. The molecule has 2 N–H and O–H groups in total. The quantitative estimate of drug-likeness (QED) is 0.541. The molecule has 0 aliphatic heterocycles. The van der Waals surface area contributed by atoms with Crippen molar-refractivity contribution in [3.63, 3.8) is 0 Å². The van der Waals surface area contributed by atoms with Crippen LogP contribution in [-0.4, -0.2) is 50.7 Å². The minimum absolute atomic E-state index is 0.390. The van der Waals surface area contributed by atoms with Gasteiger partial charge in [-0.3, -0.25) is 0 Å². The highest BCUT2D eigenvalue weighted by molar-refractivity contribution is 4.82. The van der Waals surface area contributed by atoms with Crippen LogP contribution < -0.4 is 5.32 Å². The van der Waals surface area contributed by atoms with E-state index in [9.17, 15) is 5.11 Å². The van der Waals surface area contributed by atoms with Gasteiger partial charge in [-0.2, -0.15) is 0 Å². The zero-order valence-corrected chi connectivity index (χ0v) is 13.3. The summed E-state index contributed by atoms with van der Waals surface area (Å²) in [6.07, 6.45) is 7.15. The first-order valence-corrected chi connectivity index (χ1v) is 8.20. The van der Waals surface area contributed by atoms with E-state index < -0.39 is 6.10 Å². The first-order chi connectivity index (χ1) is 9.66. The highest BCUT2D eigenvalue weighted by Crippen LogP contribution is 2.36. The highest BCUT2D eigenvalue weighted by atomic mass is 16.5. The first-order valence-electron chi connectivity index (χ1n) is 8.20. The molecule has 1 aliphatic rings. The summed E-state index contributed by atoms with van der Waals surface area (Å²) in [5.41, 5.74) is 0.438. The molecular formula is C16H33NO3. The van der Waals surface area contributed by atoms with Gasteiger partial charge in [0.05, 0.1) is 25.9 Å². The Kier molecular flexibility index (Phi) is 9.44. The van der Waals surface area contributed by atoms with Crippen molar-refractivity contribution in [2.75, 3.05) is 39.5 Å². The van der Waals surface area contributed by atoms with E-state index in [1.807, 2.05) is 0 Å². The largest absolute Gasteiger partial charge is 0.389 e. The van der Waals surface area contributed by atoms with Crippen molar-refractivity contribution in [1.29, 1.82) is 0 Å². The zero-order valence-electron chi connectivity index (χ0n) is 13.3. The normalized spacial score (nSPS) is 19.4. The molecule has 1 rings (SSSR count). The van der Waals surface area contributed by atoms with Crippen LogP contribution in [0.2, 0.25) is 0 Å². The Hall–Kier alpha value is -0.160. The Labute approximate surface area is 124 Å². The number of aliphatic hydroxyl groups excluding tert-OH is 1. The first kappa shape index (κ1) is 17.9. The van der Waals surface area contributed by atoms with Gasteiger partial charge in [0.1, 0.15) is 0 Å². The molecule has 1 atom stereocenters. The van der Waals surface area contributed by atoms with Crippen LogP contribution in [0.5, 0.6) is 0 Å². The third kappa shape index (κ3) is 8.20. The van der Waals surface area contributed by atoms with Gasteiger partial charge >= 0.3 is 0 Å². The Morgan fingerprint density at radius 3 is 2.55 bits per heavy atom. The molecule has 1 fully saturated rings. The molecular weight excluding hydrogens is 254 g/mol. The molecule has 0 aromatic carbocycles. The molecule has 0 aromatic heterocycles. The van der Waals surface area contributed by atoms with Crippen LogP contribution in [0, 0.1) is 5.41 Å². The molecule has 20 heavy (non-hydrogen) atoms. The van der Waals surface area contributed by atoms with E-state index in [1.54, 1.807) is 0 Å². The number of aliphatic hydroxyl groups is 1. The van der Waals surface area contributed by atoms with E-state index in [1.165, 1.54) is 25.7 Å². The van der Waals surface area contributed by atoms with Crippen LogP contribution in [0.3, 0.4) is 0 Å². The summed E-state index contributed by atoms with van der Waals surface area (Å²) < 4.78 is 10.8. The lowest BCUT2D eigenvalue weighted by Crippen LogP contribution is -2.36. The molecule has 0 radical (unpaired) electrons. The smallest absolute Gasteiger partial charge is 0.0897 e. The second kappa shape index (κ2) is 10.6. The summed E-state index contributed by atoms with van der Waals surface area (Å²) >= 11 is 0. The number of hydrogen-bond acceptors (Lipinski definition) is 4. The second-order valence-electron chi connectivity index (χ2n) is 6.34. The van der Waals surface area contributed by atoms with Crippen molar-refractivity contribution >= 4 is 0 Å². The van der Waals surface area contributed by atoms with Crippen molar-refractivity contribution < 1.29 is 14.6 Å². The van der Waals surface area contributed by atoms with Crippen molar-refractivity contribution in [3.05, 3.63) is 0 Å². The molecule has 120 valence electrons. The molecule has 0 aromatic rings. The summed E-state index contributed by atoms with van der Waals surface area (Å²) in [6.45, 7) is 8.50. The van der Waals surface area contributed by atoms with Crippen LogP contribution in [-0.2, 0) is 9.47 Å². The van der Waals surface area contributed by atoms with Gasteiger partial charge in [-0.15, -0.1) is 0 Å². The Morgan fingerprint density at radius 2 is 1.85 bits per heavy atom. The molecule has 4 heteroatoms. The average Bonchev–Trinajstić information content (AvgIpc) is 2.85. The van der Waals surface area contributed by atoms with E-state index in [0.29, 0.717) is 31.8 Å². The Morgan fingerprint density at radius 1 is 1.15 bits per heavy atom. The van der Waals surface area contributed by atoms with Gasteiger partial charge in [-0.05, 0) is 24.7 Å². The average molecular weight is 287 g/mol. The van der Waals surface area contributed by atoms with Crippen molar-refractivity contribution in [2.45, 2.75) is 58.5 Å².